The molecule has 0 saturated carbocycles. The minimum Gasteiger partial charge on any atom is -0.369 e. The van der Waals surface area contributed by atoms with Gasteiger partial charge in [-0.2, -0.15) is 0 Å². The third kappa shape index (κ3) is 14.1. The number of nitrogens with two attached hydrogens (primary N) is 1. The predicted octanol–water partition coefficient (Wildman–Crippen LogP) is 6.45. The summed E-state index contributed by atoms with van der Waals surface area (Å²) >= 11 is 0. The quantitative estimate of drug-likeness (QED) is 0.278. The summed E-state index contributed by atoms with van der Waals surface area (Å²) in [7, 11) is 0. The number of carbonyl (C=O) groups excluding carboxylic acids is 1. The molecule has 1 rings (SSSR count). The van der Waals surface area contributed by atoms with E-state index in [-0.39, 0.29) is 11.8 Å². The maximum atomic E-state index is 11.3. The number of nitrogens with zero attached hydrogens (tertiary/aromatic N) is 1. The van der Waals surface area contributed by atoms with Gasteiger partial charge in [-0.25, -0.2) is 0 Å². The second-order valence-corrected chi connectivity index (χ2v) is 8.85. The number of piperidine rings is 1. The van der Waals surface area contributed by atoms with E-state index >= 15 is 0 Å². The highest BCUT2D eigenvalue weighted by molar-refractivity contribution is 5.76. The van der Waals surface area contributed by atoms with E-state index in [9.17, 15) is 4.79 Å². The largest absolute Gasteiger partial charge is 0.369 e. The Morgan fingerprint density at radius 2 is 1.22 bits per heavy atom. The predicted molar refractivity (Wildman–Crippen MR) is 118 cm³/mol. The van der Waals surface area contributed by atoms with E-state index in [0.717, 1.165) is 32.5 Å². The van der Waals surface area contributed by atoms with Gasteiger partial charge in [0.15, 0.2) is 0 Å². The maximum absolute atomic E-state index is 11.3. The molecule has 1 fully saturated rings. The zero-order chi connectivity index (χ0) is 19.6. The van der Waals surface area contributed by atoms with E-state index in [0.29, 0.717) is 0 Å². The van der Waals surface area contributed by atoms with Crippen LogP contribution >= 0.6 is 0 Å². The fraction of sp³-hybridized carbons (Fsp3) is 0.958. The molecule has 2 N–H and O–H groups in total. The Hall–Kier alpha value is -0.570. The van der Waals surface area contributed by atoms with E-state index in [2.05, 4.69) is 11.8 Å². The van der Waals surface area contributed by atoms with Crippen LogP contribution in [0.4, 0.5) is 0 Å². The molecule has 0 aromatic rings. The first-order chi connectivity index (χ1) is 13.2. The van der Waals surface area contributed by atoms with Gasteiger partial charge in [0.05, 0.1) is 5.92 Å². The highest BCUT2D eigenvalue weighted by Gasteiger charge is 2.23. The van der Waals surface area contributed by atoms with Crippen molar-refractivity contribution in [2.24, 2.45) is 11.7 Å². The van der Waals surface area contributed by atoms with Crippen LogP contribution < -0.4 is 5.73 Å². The molecule has 0 aromatic carbocycles. The number of hydrogen-bond acceptors (Lipinski definition) is 2. The van der Waals surface area contributed by atoms with Gasteiger partial charge in [-0.3, -0.25) is 4.79 Å². The van der Waals surface area contributed by atoms with Gasteiger partial charge in [0.1, 0.15) is 0 Å². The van der Waals surface area contributed by atoms with Crippen LogP contribution in [0.1, 0.15) is 122 Å². The lowest BCUT2D eigenvalue weighted by atomic mass is 9.97. The van der Waals surface area contributed by atoms with Crippen molar-refractivity contribution in [1.29, 1.82) is 0 Å². The number of primary amides is 1. The Labute approximate surface area is 169 Å². The summed E-state index contributed by atoms with van der Waals surface area (Å²) in [6.45, 7) is 5.50. The lowest BCUT2D eigenvalue weighted by Gasteiger charge is -2.31. The van der Waals surface area contributed by atoms with Crippen molar-refractivity contribution < 1.29 is 4.79 Å². The summed E-state index contributed by atoms with van der Waals surface area (Å²) in [6.07, 6.45) is 24.8. The molecular formula is C24H48N2O. The van der Waals surface area contributed by atoms with Crippen molar-refractivity contribution >= 4 is 5.91 Å². The molecular weight excluding hydrogens is 332 g/mol. The van der Waals surface area contributed by atoms with Crippen LogP contribution in [0.15, 0.2) is 0 Å². The molecule has 1 saturated heterocycles. The van der Waals surface area contributed by atoms with Crippen molar-refractivity contribution in [3.8, 4) is 0 Å². The number of likely N-dealkylation sites (tertiary alicyclic amines) is 1. The van der Waals surface area contributed by atoms with Gasteiger partial charge in [0.2, 0.25) is 5.91 Å². The summed E-state index contributed by atoms with van der Waals surface area (Å²) in [4.78, 5) is 13.8. The summed E-state index contributed by atoms with van der Waals surface area (Å²) in [6, 6.07) is 0. The van der Waals surface area contributed by atoms with Crippen molar-refractivity contribution in [3.05, 3.63) is 0 Å². The van der Waals surface area contributed by atoms with Gasteiger partial charge in [0.25, 0.3) is 0 Å². The Balaban J connectivity index is 1.76. The summed E-state index contributed by atoms with van der Waals surface area (Å²) in [5, 5.41) is 0. The van der Waals surface area contributed by atoms with E-state index in [1.165, 1.54) is 103 Å². The van der Waals surface area contributed by atoms with E-state index in [4.69, 9.17) is 5.73 Å². The lowest BCUT2D eigenvalue weighted by Crippen LogP contribution is -2.41. The summed E-state index contributed by atoms with van der Waals surface area (Å²) in [5.74, 6) is -0.00789. The van der Waals surface area contributed by atoms with E-state index in [1.54, 1.807) is 0 Å². The van der Waals surface area contributed by atoms with Crippen LogP contribution in [0.2, 0.25) is 0 Å². The number of carbonyl (C=O) groups is 1. The smallest absolute Gasteiger partial charge is 0.221 e. The molecule has 0 aliphatic carbocycles. The van der Waals surface area contributed by atoms with Crippen molar-refractivity contribution in [2.75, 3.05) is 19.6 Å². The average molecular weight is 381 g/mol. The van der Waals surface area contributed by atoms with Crippen LogP contribution in [0.5, 0.6) is 0 Å². The van der Waals surface area contributed by atoms with Gasteiger partial charge in [-0.1, -0.05) is 103 Å². The molecule has 0 aromatic heterocycles. The van der Waals surface area contributed by atoms with Crippen molar-refractivity contribution in [3.63, 3.8) is 0 Å². The zero-order valence-electron chi connectivity index (χ0n) is 18.4. The molecule has 1 aliphatic rings. The van der Waals surface area contributed by atoms with Crippen LogP contribution in [-0.4, -0.2) is 30.4 Å². The molecule has 0 spiro atoms. The monoisotopic (exact) mass is 380 g/mol. The molecule has 1 aliphatic heterocycles. The first-order valence-corrected chi connectivity index (χ1v) is 12.3. The summed E-state index contributed by atoms with van der Waals surface area (Å²) in [5.41, 5.74) is 5.45. The number of rotatable bonds is 18. The number of unbranched alkanes of at least 4 members (excludes halogenated alkanes) is 15. The fourth-order valence-electron chi connectivity index (χ4n) is 4.37. The lowest BCUT2D eigenvalue weighted by molar-refractivity contribution is -0.123. The molecule has 0 bridgehead atoms. The maximum Gasteiger partial charge on any atom is 0.221 e. The van der Waals surface area contributed by atoms with Gasteiger partial charge in [0, 0.05) is 6.54 Å². The molecule has 1 amide bonds. The van der Waals surface area contributed by atoms with Crippen LogP contribution in [0.3, 0.4) is 0 Å². The van der Waals surface area contributed by atoms with Crippen LogP contribution in [0, 0.1) is 5.92 Å². The SMILES string of the molecule is CCCCCCCCCCCCCCCCCCN1CCCC(C(N)=O)C1. The Kier molecular flexibility index (Phi) is 15.9. The first kappa shape index (κ1) is 24.5. The van der Waals surface area contributed by atoms with Crippen molar-refractivity contribution in [1.82, 2.24) is 4.90 Å². The van der Waals surface area contributed by atoms with Crippen molar-refractivity contribution in [2.45, 2.75) is 122 Å². The molecule has 160 valence electrons. The second-order valence-electron chi connectivity index (χ2n) is 8.85. The first-order valence-electron chi connectivity index (χ1n) is 12.3. The minimum absolute atomic E-state index is 0.0970. The zero-order valence-corrected chi connectivity index (χ0v) is 18.4. The highest BCUT2D eigenvalue weighted by atomic mass is 16.1. The minimum atomic E-state index is -0.105. The fourth-order valence-corrected chi connectivity index (χ4v) is 4.37. The standard InChI is InChI=1S/C24H48N2O/c1-2-3-4-5-6-7-8-9-10-11-12-13-14-15-16-17-20-26-21-18-19-23(22-26)24(25)27/h23H,2-22H2,1H3,(H2,25,27). The third-order valence-electron chi connectivity index (χ3n) is 6.24. The molecule has 1 unspecified atom stereocenters. The van der Waals surface area contributed by atoms with Gasteiger partial charge in [-0.05, 0) is 32.4 Å². The Bertz CT molecular complexity index is 345. The third-order valence-corrected chi connectivity index (χ3v) is 6.24. The molecule has 3 heteroatoms. The molecule has 3 nitrogen and oxygen atoms in total. The molecule has 1 atom stereocenters. The molecule has 0 radical (unpaired) electrons. The Morgan fingerprint density at radius 3 is 1.67 bits per heavy atom. The van der Waals surface area contributed by atoms with Gasteiger partial charge >= 0.3 is 0 Å². The van der Waals surface area contributed by atoms with E-state index in [1.807, 2.05) is 0 Å². The molecule has 27 heavy (non-hydrogen) atoms. The van der Waals surface area contributed by atoms with Gasteiger partial charge in [-0.15, -0.1) is 0 Å². The molecule has 1 heterocycles. The van der Waals surface area contributed by atoms with Crippen LogP contribution in [0.25, 0.3) is 0 Å². The summed E-state index contributed by atoms with van der Waals surface area (Å²) < 4.78 is 0. The average Bonchev–Trinajstić information content (AvgIpc) is 2.68. The Morgan fingerprint density at radius 1 is 0.778 bits per heavy atom. The highest BCUT2D eigenvalue weighted by Crippen LogP contribution is 2.17. The normalized spacial score (nSPS) is 18.0. The number of hydrogen-bond donors (Lipinski definition) is 1. The van der Waals surface area contributed by atoms with Gasteiger partial charge < -0.3 is 10.6 Å². The van der Waals surface area contributed by atoms with Crippen LogP contribution in [-0.2, 0) is 4.79 Å². The second kappa shape index (κ2) is 17.5. The topological polar surface area (TPSA) is 46.3 Å². The van der Waals surface area contributed by atoms with E-state index < -0.39 is 0 Å². The number of amides is 1.